The molecule has 4 aliphatic rings. The minimum Gasteiger partial charge on any atom is -0.393 e. The standard InChI is InChI=1S/C28H43F2NO2/c1-18(16-31-13-5-7-22(17-31)27(29)30)24-10-11-25-20(6-4-12-28(24,25)3)8-9-21-14-23(32)15-26(33)19(21)2/h8-9,18,22-27,32-33H,2,4-7,10-17H2,1,3H3/b20-8+,21-9-/t18-,22+,23?,24-,25+,26?,28-/m1/s1. The van der Waals surface area contributed by atoms with Gasteiger partial charge in [0.05, 0.1) is 12.2 Å². The quantitative estimate of drug-likeness (QED) is 0.546. The summed E-state index contributed by atoms with van der Waals surface area (Å²) in [6.07, 6.45) is 9.48. The number of aliphatic hydroxyl groups is 2. The molecule has 2 unspecified atom stereocenters. The molecule has 0 spiro atoms. The van der Waals surface area contributed by atoms with Crippen LogP contribution in [0, 0.1) is 29.1 Å². The Hall–Kier alpha value is -1.04. The number of fused-ring (bicyclic) bond motifs is 1. The Morgan fingerprint density at radius 3 is 2.73 bits per heavy atom. The highest BCUT2D eigenvalue weighted by atomic mass is 19.3. The van der Waals surface area contributed by atoms with Crippen molar-refractivity contribution in [2.24, 2.45) is 29.1 Å². The van der Waals surface area contributed by atoms with Crippen LogP contribution in [0.5, 0.6) is 0 Å². The van der Waals surface area contributed by atoms with Crippen LogP contribution in [-0.2, 0) is 0 Å². The first-order chi connectivity index (χ1) is 15.7. The Balaban J connectivity index is 1.44. The van der Waals surface area contributed by atoms with Crippen molar-refractivity contribution in [3.8, 4) is 0 Å². The lowest BCUT2D eigenvalue weighted by molar-refractivity contribution is 0.0132. The van der Waals surface area contributed by atoms with E-state index in [2.05, 4.69) is 37.5 Å². The lowest BCUT2D eigenvalue weighted by Gasteiger charge is -2.45. The highest BCUT2D eigenvalue weighted by Gasteiger charge is 2.50. The van der Waals surface area contributed by atoms with Gasteiger partial charge in [-0.05, 0) is 92.2 Å². The molecule has 2 N–H and O–H groups in total. The van der Waals surface area contributed by atoms with Crippen LogP contribution >= 0.6 is 0 Å². The fourth-order valence-corrected chi connectivity index (χ4v) is 7.68. The van der Waals surface area contributed by atoms with Gasteiger partial charge in [-0.3, -0.25) is 0 Å². The van der Waals surface area contributed by atoms with Crippen molar-refractivity contribution in [3.63, 3.8) is 0 Å². The molecule has 0 aromatic carbocycles. The Labute approximate surface area is 198 Å². The molecule has 33 heavy (non-hydrogen) atoms. The average molecular weight is 464 g/mol. The van der Waals surface area contributed by atoms with Crippen molar-refractivity contribution < 1.29 is 19.0 Å². The van der Waals surface area contributed by atoms with Crippen LogP contribution in [0.1, 0.15) is 71.6 Å². The second kappa shape index (κ2) is 10.3. The fraction of sp³-hybridized carbons (Fsp3) is 0.786. The van der Waals surface area contributed by atoms with E-state index in [1.54, 1.807) is 0 Å². The van der Waals surface area contributed by atoms with Crippen LogP contribution in [0.15, 0.2) is 35.5 Å². The number of piperidine rings is 1. The molecular weight excluding hydrogens is 420 g/mol. The number of nitrogens with zero attached hydrogens (tertiary/aromatic N) is 1. The predicted octanol–water partition coefficient (Wildman–Crippen LogP) is 5.74. The third-order valence-corrected chi connectivity index (χ3v) is 9.43. The van der Waals surface area contributed by atoms with Crippen molar-refractivity contribution in [3.05, 3.63) is 35.5 Å². The van der Waals surface area contributed by atoms with Crippen molar-refractivity contribution in [2.75, 3.05) is 19.6 Å². The Morgan fingerprint density at radius 1 is 1.18 bits per heavy atom. The smallest absolute Gasteiger partial charge is 0.242 e. The highest BCUT2D eigenvalue weighted by Crippen LogP contribution is 2.59. The van der Waals surface area contributed by atoms with E-state index in [1.807, 2.05) is 0 Å². The topological polar surface area (TPSA) is 43.7 Å². The molecule has 0 aromatic heterocycles. The Morgan fingerprint density at radius 2 is 1.97 bits per heavy atom. The number of alkyl halides is 2. The minimum absolute atomic E-state index is 0.266. The summed E-state index contributed by atoms with van der Waals surface area (Å²) in [7, 11) is 0. The molecule has 3 aliphatic carbocycles. The average Bonchev–Trinajstić information content (AvgIpc) is 3.13. The predicted molar refractivity (Wildman–Crippen MR) is 129 cm³/mol. The van der Waals surface area contributed by atoms with Crippen molar-refractivity contribution in [1.82, 2.24) is 4.90 Å². The second-order valence-electron chi connectivity index (χ2n) is 11.6. The van der Waals surface area contributed by atoms with Gasteiger partial charge in [0.25, 0.3) is 0 Å². The zero-order valence-electron chi connectivity index (χ0n) is 20.5. The van der Waals surface area contributed by atoms with E-state index in [4.69, 9.17) is 0 Å². The molecule has 1 heterocycles. The number of aliphatic hydroxyl groups excluding tert-OH is 2. The number of allylic oxidation sites excluding steroid dienone is 3. The molecule has 4 rings (SSSR count). The summed E-state index contributed by atoms with van der Waals surface area (Å²) in [4.78, 5) is 2.30. The molecule has 5 heteroatoms. The molecule has 0 radical (unpaired) electrons. The lowest BCUT2D eigenvalue weighted by atomic mass is 9.61. The first-order valence-corrected chi connectivity index (χ1v) is 13.1. The number of likely N-dealkylation sites (tertiary alicyclic amines) is 1. The summed E-state index contributed by atoms with van der Waals surface area (Å²) >= 11 is 0. The van der Waals surface area contributed by atoms with Crippen LogP contribution in [0.2, 0.25) is 0 Å². The van der Waals surface area contributed by atoms with Crippen LogP contribution in [0.4, 0.5) is 8.78 Å². The molecule has 3 nitrogen and oxygen atoms in total. The molecule has 0 aromatic rings. The molecule has 7 atom stereocenters. The SMILES string of the molecule is C=C1/C(=C\C=C2/CCC[C@]3(C)[C@@H]([C@H](C)CN4CCC[C@H](C(F)F)C4)CC[C@@H]23)CC(O)CC1O. The zero-order chi connectivity index (χ0) is 23.8. The van der Waals surface area contributed by atoms with Gasteiger partial charge in [-0.15, -0.1) is 0 Å². The van der Waals surface area contributed by atoms with E-state index in [-0.39, 0.29) is 5.41 Å². The monoisotopic (exact) mass is 463 g/mol. The van der Waals surface area contributed by atoms with E-state index >= 15 is 0 Å². The summed E-state index contributed by atoms with van der Waals surface area (Å²) in [6.45, 7) is 11.3. The summed E-state index contributed by atoms with van der Waals surface area (Å²) in [5.41, 5.74) is 3.49. The van der Waals surface area contributed by atoms with E-state index in [0.717, 1.165) is 37.1 Å². The number of halogens is 2. The highest BCUT2D eigenvalue weighted by molar-refractivity contribution is 5.38. The third-order valence-electron chi connectivity index (χ3n) is 9.43. The van der Waals surface area contributed by atoms with Crippen LogP contribution in [0.3, 0.4) is 0 Å². The van der Waals surface area contributed by atoms with E-state index in [1.165, 1.54) is 31.3 Å². The van der Waals surface area contributed by atoms with Crippen LogP contribution < -0.4 is 0 Å². The van der Waals surface area contributed by atoms with Crippen molar-refractivity contribution in [1.29, 1.82) is 0 Å². The van der Waals surface area contributed by atoms with Gasteiger partial charge >= 0.3 is 0 Å². The second-order valence-corrected chi connectivity index (χ2v) is 11.6. The van der Waals surface area contributed by atoms with E-state index in [0.29, 0.717) is 43.6 Å². The molecule has 186 valence electrons. The molecule has 3 saturated carbocycles. The van der Waals surface area contributed by atoms with Gasteiger partial charge < -0.3 is 15.1 Å². The summed E-state index contributed by atoms with van der Waals surface area (Å²) in [6, 6.07) is 0. The largest absolute Gasteiger partial charge is 0.393 e. The van der Waals surface area contributed by atoms with Crippen LogP contribution in [-0.4, -0.2) is 53.4 Å². The summed E-state index contributed by atoms with van der Waals surface area (Å²) in [5, 5.41) is 20.2. The van der Waals surface area contributed by atoms with E-state index < -0.39 is 24.6 Å². The number of rotatable bonds is 5. The Bertz CT molecular complexity index is 778. The van der Waals surface area contributed by atoms with E-state index in [9.17, 15) is 19.0 Å². The van der Waals surface area contributed by atoms with Crippen molar-refractivity contribution >= 4 is 0 Å². The molecular formula is C28H43F2NO2. The van der Waals surface area contributed by atoms with Gasteiger partial charge in [0.2, 0.25) is 6.43 Å². The van der Waals surface area contributed by atoms with Gasteiger partial charge in [0.15, 0.2) is 0 Å². The minimum atomic E-state index is -2.20. The summed E-state index contributed by atoms with van der Waals surface area (Å²) < 4.78 is 26.5. The van der Waals surface area contributed by atoms with Gasteiger partial charge in [0.1, 0.15) is 0 Å². The fourth-order valence-electron chi connectivity index (χ4n) is 7.68. The molecule has 0 bridgehead atoms. The zero-order valence-corrected chi connectivity index (χ0v) is 20.5. The molecule has 0 amide bonds. The van der Waals surface area contributed by atoms with Crippen LogP contribution in [0.25, 0.3) is 0 Å². The maximum atomic E-state index is 13.3. The maximum Gasteiger partial charge on any atom is 0.242 e. The van der Waals surface area contributed by atoms with Gasteiger partial charge in [-0.1, -0.05) is 38.2 Å². The Kier molecular flexibility index (Phi) is 7.82. The normalized spacial score (nSPS) is 41.7. The van der Waals surface area contributed by atoms with Gasteiger partial charge in [-0.2, -0.15) is 0 Å². The first-order valence-electron chi connectivity index (χ1n) is 13.1. The molecule has 4 fully saturated rings. The first kappa shape index (κ1) is 25.1. The summed E-state index contributed by atoms with van der Waals surface area (Å²) in [5.74, 6) is 1.25. The van der Waals surface area contributed by atoms with Crippen molar-refractivity contribution in [2.45, 2.75) is 90.3 Å². The molecule has 1 aliphatic heterocycles. The van der Waals surface area contributed by atoms with Gasteiger partial charge in [-0.25, -0.2) is 8.78 Å². The molecule has 1 saturated heterocycles. The maximum absolute atomic E-state index is 13.3. The number of hydrogen-bond donors (Lipinski definition) is 2. The lowest BCUT2D eigenvalue weighted by Crippen LogP contribution is -2.44. The third kappa shape index (κ3) is 5.31. The van der Waals surface area contributed by atoms with Gasteiger partial charge in [0, 0.05) is 25.4 Å². The number of hydrogen-bond acceptors (Lipinski definition) is 3.